The number of benzene rings is 2. The number of carbonyl (C=O) groups excluding carboxylic acids is 2. The Morgan fingerprint density at radius 3 is 1.17 bits per heavy atom. The molecular weight excluding hydrogens is 308 g/mol. The summed E-state index contributed by atoms with van der Waals surface area (Å²) < 4.78 is 0. The SMILES string of the molecule is Cc1cc(NC(=O)C(=O)Nc2cc(C)c(O)c(C)c2)cc(C)c1O. The summed E-state index contributed by atoms with van der Waals surface area (Å²) in [5.41, 5.74) is 3.29. The molecule has 2 aromatic rings. The first-order valence-corrected chi connectivity index (χ1v) is 7.41. The Labute approximate surface area is 140 Å². The Kier molecular flexibility index (Phi) is 4.78. The van der Waals surface area contributed by atoms with E-state index in [2.05, 4.69) is 10.6 Å². The molecule has 2 rings (SSSR count). The zero-order chi connectivity index (χ0) is 18.0. The highest BCUT2D eigenvalue weighted by Gasteiger charge is 2.16. The van der Waals surface area contributed by atoms with Gasteiger partial charge in [0.1, 0.15) is 11.5 Å². The molecule has 126 valence electrons. The van der Waals surface area contributed by atoms with E-state index >= 15 is 0 Å². The molecule has 4 N–H and O–H groups in total. The van der Waals surface area contributed by atoms with Crippen LogP contribution in [0.1, 0.15) is 22.3 Å². The molecule has 0 saturated heterocycles. The summed E-state index contributed by atoms with van der Waals surface area (Å²) >= 11 is 0. The fourth-order valence-corrected chi connectivity index (χ4v) is 2.43. The van der Waals surface area contributed by atoms with Crippen LogP contribution < -0.4 is 10.6 Å². The van der Waals surface area contributed by atoms with Gasteiger partial charge < -0.3 is 20.8 Å². The van der Waals surface area contributed by atoms with Crippen molar-refractivity contribution in [3.05, 3.63) is 46.5 Å². The van der Waals surface area contributed by atoms with E-state index in [-0.39, 0.29) is 11.5 Å². The maximum atomic E-state index is 12.0. The summed E-state index contributed by atoms with van der Waals surface area (Å²) in [6, 6.07) is 6.34. The van der Waals surface area contributed by atoms with Gasteiger partial charge in [0.25, 0.3) is 0 Å². The number of nitrogens with one attached hydrogen (secondary N) is 2. The van der Waals surface area contributed by atoms with E-state index in [0.29, 0.717) is 33.6 Å². The number of amides is 2. The molecule has 6 nitrogen and oxygen atoms in total. The van der Waals surface area contributed by atoms with Crippen molar-refractivity contribution in [2.24, 2.45) is 0 Å². The second-order valence-electron chi connectivity index (χ2n) is 5.83. The van der Waals surface area contributed by atoms with E-state index < -0.39 is 11.8 Å². The number of aryl methyl sites for hydroxylation is 4. The number of carbonyl (C=O) groups is 2. The summed E-state index contributed by atoms with van der Waals surface area (Å²) in [4.78, 5) is 24.1. The topological polar surface area (TPSA) is 98.7 Å². The molecule has 0 aromatic heterocycles. The van der Waals surface area contributed by atoms with Crippen molar-refractivity contribution in [2.75, 3.05) is 10.6 Å². The number of phenols is 2. The van der Waals surface area contributed by atoms with Gasteiger partial charge in [0.15, 0.2) is 0 Å². The molecule has 2 aromatic carbocycles. The Bertz CT molecular complexity index is 712. The van der Waals surface area contributed by atoms with Gasteiger partial charge in [-0.15, -0.1) is 0 Å². The second-order valence-corrected chi connectivity index (χ2v) is 5.83. The highest BCUT2D eigenvalue weighted by molar-refractivity contribution is 6.43. The van der Waals surface area contributed by atoms with Crippen LogP contribution in [0.2, 0.25) is 0 Å². The van der Waals surface area contributed by atoms with Crippen LogP contribution in [0.3, 0.4) is 0 Å². The molecule has 0 unspecified atom stereocenters. The minimum atomic E-state index is -0.817. The Hall–Kier alpha value is -3.02. The van der Waals surface area contributed by atoms with Crippen LogP contribution in [-0.4, -0.2) is 22.0 Å². The van der Waals surface area contributed by atoms with E-state index in [4.69, 9.17) is 0 Å². The Balaban J connectivity index is 2.12. The van der Waals surface area contributed by atoms with E-state index in [1.807, 2.05) is 0 Å². The predicted octanol–water partition coefficient (Wildman–Crippen LogP) is 2.91. The van der Waals surface area contributed by atoms with Gasteiger partial charge in [0.05, 0.1) is 0 Å². The molecular formula is C18H20N2O4. The summed E-state index contributed by atoms with van der Waals surface area (Å²) in [7, 11) is 0. The molecule has 0 spiro atoms. The first-order chi connectivity index (χ1) is 11.2. The Morgan fingerprint density at radius 2 is 0.917 bits per heavy atom. The van der Waals surface area contributed by atoms with E-state index in [9.17, 15) is 19.8 Å². The van der Waals surface area contributed by atoms with Crippen LogP contribution in [0.25, 0.3) is 0 Å². The predicted molar refractivity (Wildman–Crippen MR) is 92.4 cm³/mol. The zero-order valence-electron chi connectivity index (χ0n) is 14.0. The third-order valence-corrected chi connectivity index (χ3v) is 3.70. The third kappa shape index (κ3) is 3.65. The van der Waals surface area contributed by atoms with Crippen molar-refractivity contribution in [1.82, 2.24) is 0 Å². The summed E-state index contributed by atoms with van der Waals surface area (Å²) in [5.74, 6) is -1.31. The molecule has 0 saturated carbocycles. The van der Waals surface area contributed by atoms with Gasteiger partial charge in [-0.05, 0) is 74.2 Å². The molecule has 0 bridgehead atoms. The van der Waals surface area contributed by atoms with Crippen molar-refractivity contribution in [3.63, 3.8) is 0 Å². The second kappa shape index (κ2) is 6.62. The van der Waals surface area contributed by atoms with Crippen molar-refractivity contribution in [2.45, 2.75) is 27.7 Å². The maximum Gasteiger partial charge on any atom is 0.314 e. The average Bonchev–Trinajstić information content (AvgIpc) is 2.50. The zero-order valence-corrected chi connectivity index (χ0v) is 14.0. The molecule has 2 amide bonds. The van der Waals surface area contributed by atoms with E-state index in [0.717, 1.165) is 0 Å². The molecule has 0 aliphatic rings. The molecule has 0 aliphatic carbocycles. The summed E-state index contributed by atoms with van der Waals surface area (Å²) in [5, 5.41) is 24.5. The first kappa shape index (κ1) is 17.3. The van der Waals surface area contributed by atoms with Crippen LogP contribution in [0, 0.1) is 27.7 Å². The highest BCUT2D eigenvalue weighted by atomic mass is 16.3. The van der Waals surface area contributed by atoms with Gasteiger partial charge in [-0.3, -0.25) is 9.59 Å². The fraction of sp³-hybridized carbons (Fsp3) is 0.222. The minimum Gasteiger partial charge on any atom is -0.507 e. The molecule has 0 aliphatic heterocycles. The Morgan fingerprint density at radius 1 is 0.667 bits per heavy atom. The number of hydrogen-bond acceptors (Lipinski definition) is 4. The number of aromatic hydroxyl groups is 2. The normalized spacial score (nSPS) is 10.3. The van der Waals surface area contributed by atoms with Gasteiger partial charge in [0.2, 0.25) is 0 Å². The van der Waals surface area contributed by atoms with E-state index in [1.54, 1.807) is 52.0 Å². The van der Waals surface area contributed by atoms with Crippen molar-refractivity contribution in [3.8, 4) is 11.5 Å². The lowest BCUT2D eigenvalue weighted by Crippen LogP contribution is -2.29. The molecule has 0 fully saturated rings. The van der Waals surface area contributed by atoms with Crippen LogP contribution in [0.4, 0.5) is 11.4 Å². The highest BCUT2D eigenvalue weighted by Crippen LogP contribution is 2.26. The van der Waals surface area contributed by atoms with Gasteiger partial charge in [-0.2, -0.15) is 0 Å². The lowest BCUT2D eigenvalue weighted by atomic mass is 10.1. The van der Waals surface area contributed by atoms with E-state index in [1.165, 1.54) is 0 Å². The summed E-state index contributed by atoms with van der Waals surface area (Å²) in [6.07, 6.45) is 0. The van der Waals surface area contributed by atoms with Crippen molar-refractivity contribution in [1.29, 1.82) is 0 Å². The molecule has 0 atom stereocenters. The molecule has 6 heteroatoms. The standard InChI is InChI=1S/C18H20N2O4/c1-9-5-13(6-10(2)15(9)21)19-17(23)18(24)20-14-7-11(3)16(22)12(4)8-14/h5-8,21-22H,1-4H3,(H,19,23)(H,20,24). The smallest absolute Gasteiger partial charge is 0.314 e. The number of rotatable bonds is 2. The van der Waals surface area contributed by atoms with Crippen LogP contribution in [-0.2, 0) is 9.59 Å². The monoisotopic (exact) mass is 328 g/mol. The van der Waals surface area contributed by atoms with Gasteiger partial charge in [-0.25, -0.2) is 0 Å². The minimum absolute atomic E-state index is 0.160. The van der Waals surface area contributed by atoms with Gasteiger partial charge in [-0.1, -0.05) is 0 Å². The maximum absolute atomic E-state index is 12.0. The molecule has 24 heavy (non-hydrogen) atoms. The number of hydrogen-bond donors (Lipinski definition) is 4. The average molecular weight is 328 g/mol. The van der Waals surface area contributed by atoms with Crippen LogP contribution >= 0.6 is 0 Å². The number of phenolic OH excluding ortho intramolecular Hbond substituents is 2. The van der Waals surface area contributed by atoms with Gasteiger partial charge in [0, 0.05) is 11.4 Å². The van der Waals surface area contributed by atoms with Crippen LogP contribution in [0.15, 0.2) is 24.3 Å². The quantitative estimate of drug-likeness (QED) is 0.503. The van der Waals surface area contributed by atoms with Gasteiger partial charge >= 0.3 is 11.8 Å². The largest absolute Gasteiger partial charge is 0.507 e. The fourth-order valence-electron chi connectivity index (χ4n) is 2.43. The van der Waals surface area contributed by atoms with Crippen LogP contribution in [0.5, 0.6) is 11.5 Å². The lowest BCUT2D eigenvalue weighted by molar-refractivity contribution is -0.133. The first-order valence-electron chi connectivity index (χ1n) is 7.41. The third-order valence-electron chi connectivity index (χ3n) is 3.70. The van der Waals surface area contributed by atoms with Crippen molar-refractivity contribution < 1.29 is 19.8 Å². The molecule has 0 radical (unpaired) electrons. The number of anilines is 2. The molecule has 0 heterocycles. The summed E-state index contributed by atoms with van der Waals surface area (Å²) in [6.45, 7) is 6.83. The lowest BCUT2D eigenvalue weighted by Gasteiger charge is -2.11. The van der Waals surface area contributed by atoms with Crippen molar-refractivity contribution >= 4 is 23.2 Å².